The van der Waals surface area contributed by atoms with Gasteiger partial charge in [0.1, 0.15) is 5.75 Å². The molecule has 0 unspecified atom stereocenters. The molecule has 30 heavy (non-hydrogen) atoms. The van der Waals surface area contributed by atoms with Crippen LogP contribution in [0.25, 0.3) is 0 Å². The average molecular weight is 431 g/mol. The first kappa shape index (κ1) is 21.2. The topological polar surface area (TPSA) is 50.6 Å². The third-order valence-corrected chi connectivity index (χ3v) is 6.12. The van der Waals surface area contributed by atoms with Gasteiger partial charge in [0.05, 0.1) is 12.6 Å². The Kier molecular flexibility index (Phi) is 5.82. The zero-order valence-electron chi connectivity index (χ0n) is 18.3. The van der Waals surface area contributed by atoms with Crippen molar-refractivity contribution in [3.63, 3.8) is 0 Å². The van der Waals surface area contributed by atoms with Crippen LogP contribution in [0, 0.1) is 0 Å². The molecule has 2 fully saturated rings. The molecule has 1 aliphatic carbocycles. The first-order chi connectivity index (χ1) is 14.3. The number of nitrogens with zero attached hydrogens (tertiary/aromatic N) is 4. The number of carbonyl (C=O) groups excluding carboxylic acids is 1. The van der Waals surface area contributed by atoms with E-state index in [2.05, 4.69) is 30.4 Å². The van der Waals surface area contributed by atoms with Crippen molar-refractivity contribution in [1.82, 2.24) is 19.6 Å². The van der Waals surface area contributed by atoms with Gasteiger partial charge >= 0.3 is 0 Å². The minimum absolute atomic E-state index is 0.0416. The van der Waals surface area contributed by atoms with E-state index in [-0.39, 0.29) is 11.4 Å². The molecule has 7 heteroatoms. The number of benzene rings is 1. The van der Waals surface area contributed by atoms with Crippen LogP contribution in [0.1, 0.15) is 61.3 Å². The van der Waals surface area contributed by atoms with Crippen LogP contribution in [0.15, 0.2) is 24.3 Å². The second-order valence-corrected chi connectivity index (χ2v) is 9.77. The molecule has 2 heterocycles. The summed E-state index contributed by atoms with van der Waals surface area (Å²) in [4.78, 5) is 17.4. The normalized spacial score (nSPS) is 18.0. The molecule has 1 aliphatic heterocycles. The van der Waals surface area contributed by atoms with Crippen LogP contribution in [-0.2, 0) is 12.1 Å². The minimum Gasteiger partial charge on any atom is -0.496 e. The maximum absolute atomic E-state index is 13.1. The summed E-state index contributed by atoms with van der Waals surface area (Å²) >= 11 is 6.16. The molecule has 4 rings (SSSR count). The summed E-state index contributed by atoms with van der Waals surface area (Å²) in [5.41, 5.74) is 2.74. The van der Waals surface area contributed by atoms with Gasteiger partial charge in [-0.05, 0) is 57.9 Å². The third kappa shape index (κ3) is 4.49. The summed E-state index contributed by atoms with van der Waals surface area (Å²) in [6.45, 7) is 10.2. The Morgan fingerprint density at radius 2 is 1.87 bits per heavy atom. The molecule has 1 saturated heterocycles. The van der Waals surface area contributed by atoms with Gasteiger partial charge in [0.15, 0.2) is 5.69 Å². The van der Waals surface area contributed by atoms with Crippen molar-refractivity contribution < 1.29 is 9.53 Å². The first-order valence-corrected chi connectivity index (χ1v) is 11.1. The van der Waals surface area contributed by atoms with E-state index < -0.39 is 0 Å². The quantitative estimate of drug-likeness (QED) is 0.715. The lowest BCUT2D eigenvalue weighted by Gasteiger charge is -2.34. The van der Waals surface area contributed by atoms with Gasteiger partial charge in [-0.25, -0.2) is 0 Å². The van der Waals surface area contributed by atoms with Crippen molar-refractivity contribution in [1.29, 1.82) is 0 Å². The molecule has 1 amide bonds. The highest BCUT2D eigenvalue weighted by atomic mass is 35.5. The van der Waals surface area contributed by atoms with E-state index in [1.54, 1.807) is 7.11 Å². The molecule has 0 atom stereocenters. The molecular weight excluding hydrogens is 400 g/mol. The average Bonchev–Trinajstić information content (AvgIpc) is 3.45. The number of hydrogen-bond acceptors (Lipinski definition) is 4. The Bertz CT molecular complexity index is 922. The van der Waals surface area contributed by atoms with Crippen LogP contribution in [0.5, 0.6) is 5.75 Å². The lowest BCUT2D eigenvalue weighted by Crippen LogP contribution is -2.48. The van der Waals surface area contributed by atoms with E-state index in [4.69, 9.17) is 21.4 Å². The van der Waals surface area contributed by atoms with Gasteiger partial charge in [-0.3, -0.25) is 14.4 Å². The van der Waals surface area contributed by atoms with Gasteiger partial charge in [0, 0.05) is 54.9 Å². The molecule has 1 aromatic heterocycles. The number of hydrogen-bond donors (Lipinski definition) is 0. The summed E-state index contributed by atoms with van der Waals surface area (Å²) in [6.07, 6.45) is 2.39. The summed E-state index contributed by atoms with van der Waals surface area (Å²) in [5.74, 6) is 1.45. The molecule has 1 aromatic carbocycles. The molecule has 162 valence electrons. The predicted molar refractivity (Wildman–Crippen MR) is 118 cm³/mol. The summed E-state index contributed by atoms with van der Waals surface area (Å²) in [7, 11) is 1.68. The fraction of sp³-hybridized carbons (Fsp3) is 0.565. The second-order valence-electron chi connectivity index (χ2n) is 9.34. The van der Waals surface area contributed by atoms with Crippen LogP contribution >= 0.6 is 11.6 Å². The summed E-state index contributed by atoms with van der Waals surface area (Å²) in [6, 6.07) is 7.72. The zero-order chi connectivity index (χ0) is 21.5. The van der Waals surface area contributed by atoms with Crippen molar-refractivity contribution in [2.75, 3.05) is 33.3 Å². The highest BCUT2D eigenvalue weighted by Gasteiger charge is 2.33. The van der Waals surface area contributed by atoms with E-state index in [0.717, 1.165) is 30.9 Å². The number of carbonyl (C=O) groups is 1. The van der Waals surface area contributed by atoms with Crippen LogP contribution < -0.4 is 4.74 Å². The van der Waals surface area contributed by atoms with Crippen LogP contribution in [0.3, 0.4) is 0 Å². The molecule has 1 saturated carbocycles. The molecule has 2 aromatic rings. The van der Waals surface area contributed by atoms with Crippen molar-refractivity contribution in [3.05, 3.63) is 46.2 Å². The highest BCUT2D eigenvalue weighted by Crippen LogP contribution is 2.41. The second kappa shape index (κ2) is 8.23. The minimum atomic E-state index is -0.120. The smallest absolute Gasteiger partial charge is 0.274 e. The maximum Gasteiger partial charge on any atom is 0.274 e. The van der Waals surface area contributed by atoms with Gasteiger partial charge in [0.2, 0.25) is 0 Å². The number of piperazine rings is 1. The molecule has 0 N–H and O–H groups in total. The van der Waals surface area contributed by atoms with Gasteiger partial charge in [-0.15, -0.1) is 0 Å². The Hall–Kier alpha value is -2.05. The molecule has 6 nitrogen and oxygen atoms in total. The SMILES string of the molecule is COc1ccc(Cl)cc1CN1CCN(C(=O)c2cc(C3CC3)n(C(C)(C)C)n2)CC1. The first-order valence-electron chi connectivity index (χ1n) is 10.7. The number of ether oxygens (including phenoxy) is 1. The van der Waals surface area contributed by atoms with Gasteiger partial charge < -0.3 is 9.64 Å². The number of methoxy groups -OCH3 is 1. The lowest BCUT2D eigenvalue weighted by molar-refractivity contribution is 0.0620. The number of amides is 1. The van der Waals surface area contributed by atoms with Crippen LogP contribution in [-0.4, -0.2) is 58.8 Å². The van der Waals surface area contributed by atoms with Crippen molar-refractivity contribution in [3.8, 4) is 5.75 Å². The molecular formula is C23H31ClN4O2. The Labute approximate surface area is 183 Å². The fourth-order valence-electron chi connectivity index (χ4n) is 4.09. The standard InChI is InChI=1S/C23H31ClN4O2/c1-23(2,3)28-20(16-5-6-16)14-19(25-28)22(29)27-11-9-26(10-12-27)15-17-13-18(24)7-8-21(17)30-4/h7-8,13-14,16H,5-6,9-12,15H2,1-4H3. The van der Waals surface area contributed by atoms with E-state index in [0.29, 0.717) is 29.7 Å². The number of halogens is 1. The lowest BCUT2D eigenvalue weighted by atomic mass is 10.1. The van der Waals surface area contributed by atoms with Gasteiger partial charge in [-0.1, -0.05) is 11.6 Å². The molecule has 0 spiro atoms. The number of rotatable bonds is 5. The zero-order valence-corrected chi connectivity index (χ0v) is 19.1. The van der Waals surface area contributed by atoms with E-state index in [1.807, 2.05) is 29.2 Å². The molecule has 0 bridgehead atoms. The largest absolute Gasteiger partial charge is 0.496 e. The fourth-order valence-corrected chi connectivity index (χ4v) is 4.28. The van der Waals surface area contributed by atoms with Crippen LogP contribution in [0.2, 0.25) is 5.02 Å². The van der Waals surface area contributed by atoms with Crippen molar-refractivity contribution in [2.24, 2.45) is 0 Å². The summed E-state index contributed by atoms with van der Waals surface area (Å²) in [5, 5.41) is 5.43. The third-order valence-electron chi connectivity index (χ3n) is 5.88. The Balaban J connectivity index is 1.41. The predicted octanol–water partition coefficient (Wildman–Crippen LogP) is 4.14. The molecule has 0 radical (unpaired) electrons. The summed E-state index contributed by atoms with van der Waals surface area (Å²) < 4.78 is 7.52. The molecule has 2 aliphatic rings. The van der Waals surface area contributed by atoms with Crippen LogP contribution in [0.4, 0.5) is 0 Å². The van der Waals surface area contributed by atoms with Gasteiger partial charge in [-0.2, -0.15) is 5.10 Å². The van der Waals surface area contributed by atoms with E-state index in [9.17, 15) is 4.79 Å². The van der Waals surface area contributed by atoms with Gasteiger partial charge in [0.25, 0.3) is 5.91 Å². The Morgan fingerprint density at radius 1 is 1.17 bits per heavy atom. The van der Waals surface area contributed by atoms with E-state index >= 15 is 0 Å². The van der Waals surface area contributed by atoms with E-state index in [1.165, 1.54) is 18.5 Å². The van der Waals surface area contributed by atoms with Crippen molar-refractivity contribution in [2.45, 2.75) is 51.6 Å². The highest BCUT2D eigenvalue weighted by molar-refractivity contribution is 6.30. The monoisotopic (exact) mass is 430 g/mol. The van der Waals surface area contributed by atoms with Crippen molar-refractivity contribution >= 4 is 17.5 Å². The number of aromatic nitrogens is 2. The maximum atomic E-state index is 13.1. The Morgan fingerprint density at radius 3 is 2.47 bits per heavy atom.